The molecule has 0 saturated heterocycles. The second kappa shape index (κ2) is 6.91. The summed E-state index contributed by atoms with van der Waals surface area (Å²) < 4.78 is 5.81. The molecule has 1 aromatic heterocycles. The Balaban J connectivity index is 2.48. The van der Waals surface area contributed by atoms with Gasteiger partial charge in [0.05, 0.1) is 17.8 Å². The van der Waals surface area contributed by atoms with E-state index in [2.05, 4.69) is 38.1 Å². The van der Waals surface area contributed by atoms with E-state index in [1.807, 2.05) is 0 Å². The predicted molar refractivity (Wildman–Crippen MR) is 69.3 cm³/mol. The minimum absolute atomic E-state index is 0.199. The van der Waals surface area contributed by atoms with Crippen LogP contribution < -0.4 is 10.1 Å². The lowest BCUT2D eigenvalue weighted by atomic mass is 10.2. The maximum atomic E-state index is 6.00. The summed E-state index contributed by atoms with van der Waals surface area (Å²) in [6, 6.07) is 0. The summed E-state index contributed by atoms with van der Waals surface area (Å²) in [6.07, 6.45) is 3.51. The molecule has 0 amide bonds. The van der Waals surface area contributed by atoms with Gasteiger partial charge < -0.3 is 10.1 Å². The van der Waals surface area contributed by atoms with Crippen LogP contribution in [0, 0.1) is 0 Å². The number of hydrogen-bond donors (Lipinski definition) is 1. The van der Waals surface area contributed by atoms with E-state index in [4.69, 9.17) is 16.3 Å². The molecule has 0 aliphatic heterocycles. The van der Waals surface area contributed by atoms with E-state index in [1.54, 1.807) is 13.3 Å². The van der Waals surface area contributed by atoms with Crippen molar-refractivity contribution in [3.8, 4) is 5.88 Å². The van der Waals surface area contributed by atoms with E-state index < -0.39 is 0 Å². The first-order valence-corrected chi connectivity index (χ1v) is 6.34. The number of ether oxygens (including phenoxy) is 1. The number of methoxy groups -OCH3 is 1. The Morgan fingerprint density at radius 2 is 2.38 bits per heavy atom. The highest BCUT2D eigenvalue weighted by atomic mass is 79.9. The zero-order chi connectivity index (χ0) is 12.0. The van der Waals surface area contributed by atoms with Crippen molar-refractivity contribution in [1.82, 2.24) is 9.97 Å². The van der Waals surface area contributed by atoms with Crippen LogP contribution in [0.4, 0.5) is 5.95 Å². The van der Waals surface area contributed by atoms with Gasteiger partial charge in [-0.15, -0.1) is 11.6 Å². The van der Waals surface area contributed by atoms with Crippen LogP contribution in [0.25, 0.3) is 0 Å². The van der Waals surface area contributed by atoms with Crippen LogP contribution in [0.1, 0.15) is 19.8 Å². The van der Waals surface area contributed by atoms with Gasteiger partial charge in [0.1, 0.15) is 0 Å². The minimum atomic E-state index is 0.199. The average Bonchev–Trinajstić information content (AvgIpc) is 2.31. The van der Waals surface area contributed by atoms with Crippen LogP contribution in [0.15, 0.2) is 10.7 Å². The second-order valence-electron chi connectivity index (χ2n) is 3.27. The molecule has 0 saturated carbocycles. The topological polar surface area (TPSA) is 47.0 Å². The molecule has 1 rings (SSSR count). The fourth-order valence-corrected chi connectivity index (χ4v) is 1.59. The Bertz CT molecular complexity index is 338. The van der Waals surface area contributed by atoms with Crippen LogP contribution in [0.3, 0.4) is 0 Å². The van der Waals surface area contributed by atoms with E-state index in [1.165, 1.54) is 0 Å². The van der Waals surface area contributed by atoms with Crippen molar-refractivity contribution in [2.45, 2.75) is 25.1 Å². The van der Waals surface area contributed by atoms with Crippen molar-refractivity contribution in [2.75, 3.05) is 19.0 Å². The van der Waals surface area contributed by atoms with Crippen LogP contribution in [-0.2, 0) is 0 Å². The van der Waals surface area contributed by atoms with Crippen molar-refractivity contribution in [3.05, 3.63) is 10.7 Å². The Hall–Kier alpha value is -0.550. The zero-order valence-corrected chi connectivity index (χ0v) is 11.7. The third kappa shape index (κ3) is 4.14. The molecule has 0 bridgehead atoms. The van der Waals surface area contributed by atoms with Gasteiger partial charge in [-0.25, -0.2) is 4.98 Å². The van der Waals surface area contributed by atoms with E-state index in [-0.39, 0.29) is 5.38 Å². The molecule has 0 aliphatic rings. The summed E-state index contributed by atoms with van der Waals surface area (Å²) in [5.41, 5.74) is 0. The molecule has 16 heavy (non-hydrogen) atoms. The lowest BCUT2D eigenvalue weighted by molar-refractivity contribution is 0.394. The van der Waals surface area contributed by atoms with Gasteiger partial charge in [0.15, 0.2) is 0 Å². The molecule has 1 unspecified atom stereocenters. The number of rotatable bonds is 6. The molecular formula is C10H15BrClN3O. The average molecular weight is 309 g/mol. The highest BCUT2D eigenvalue weighted by Gasteiger charge is 2.05. The molecule has 0 fully saturated rings. The molecule has 1 heterocycles. The molecule has 4 nitrogen and oxygen atoms in total. The summed E-state index contributed by atoms with van der Waals surface area (Å²) in [5.74, 6) is 1.08. The smallest absolute Gasteiger partial charge is 0.232 e. The molecule has 0 aliphatic carbocycles. The Morgan fingerprint density at radius 3 is 3.00 bits per heavy atom. The van der Waals surface area contributed by atoms with Gasteiger partial charge in [0.25, 0.3) is 0 Å². The standard InChI is InChI=1S/C10H15BrClN3O/c1-3-7(12)4-5-13-10-14-6-8(11)9(15-10)16-2/h6-7H,3-5H2,1-2H3,(H,13,14,15). The Labute approximate surface area is 109 Å². The molecule has 0 spiro atoms. The van der Waals surface area contributed by atoms with Gasteiger partial charge in [0, 0.05) is 11.9 Å². The van der Waals surface area contributed by atoms with Crippen LogP contribution in [-0.4, -0.2) is 29.0 Å². The molecule has 90 valence electrons. The molecule has 1 aromatic rings. The third-order valence-electron chi connectivity index (χ3n) is 2.09. The van der Waals surface area contributed by atoms with Crippen LogP contribution in [0.5, 0.6) is 5.88 Å². The monoisotopic (exact) mass is 307 g/mol. The van der Waals surface area contributed by atoms with Crippen molar-refractivity contribution >= 4 is 33.5 Å². The summed E-state index contributed by atoms with van der Waals surface area (Å²) in [5, 5.41) is 3.30. The quantitative estimate of drug-likeness (QED) is 0.821. The Morgan fingerprint density at radius 1 is 1.62 bits per heavy atom. The number of hydrogen-bond acceptors (Lipinski definition) is 4. The van der Waals surface area contributed by atoms with Gasteiger partial charge in [0.2, 0.25) is 11.8 Å². The first kappa shape index (κ1) is 13.5. The summed E-state index contributed by atoms with van der Waals surface area (Å²) in [6.45, 7) is 2.82. The Kier molecular flexibility index (Phi) is 5.84. The van der Waals surface area contributed by atoms with Gasteiger partial charge >= 0.3 is 0 Å². The van der Waals surface area contributed by atoms with Gasteiger partial charge in [-0.3, -0.25) is 0 Å². The van der Waals surface area contributed by atoms with Crippen LogP contribution in [0.2, 0.25) is 0 Å². The van der Waals surface area contributed by atoms with E-state index >= 15 is 0 Å². The summed E-state index contributed by atoms with van der Waals surface area (Å²) in [7, 11) is 1.57. The number of anilines is 1. The third-order valence-corrected chi connectivity index (χ3v) is 3.16. The van der Waals surface area contributed by atoms with Crippen molar-refractivity contribution < 1.29 is 4.74 Å². The van der Waals surface area contributed by atoms with E-state index in [0.29, 0.717) is 11.8 Å². The summed E-state index contributed by atoms with van der Waals surface area (Å²) >= 11 is 9.30. The number of nitrogens with zero attached hydrogens (tertiary/aromatic N) is 2. The number of aromatic nitrogens is 2. The SMILES string of the molecule is CCC(Cl)CCNc1ncc(Br)c(OC)n1. The molecule has 0 radical (unpaired) electrons. The van der Waals surface area contributed by atoms with Gasteiger partial charge in [-0.05, 0) is 28.8 Å². The maximum absolute atomic E-state index is 6.00. The van der Waals surface area contributed by atoms with Gasteiger partial charge in [-0.1, -0.05) is 6.92 Å². The molecule has 1 atom stereocenters. The fourth-order valence-electron chi connectivity index (χ4n) is 1.12. The minimum Gasteiger partial charge on any atom is -0.480 e. The number of nitrogens with one attached hydrogen (secondary N) is 1. The summed E-state index contributed by atoms with van der Waals surface area (Å²) in [4.78, 5) is 8.30. The molecule has 6 heteroatoms. The van der Waals surface area contributed by atoms with Crippen LogP contribution >= 0.6 is 27.5 Å². The number of halogens is 2. The first-order valence-electron chi connectivity index (χ1n) is 5.11. The van der Waals surface area contributed by atoms with Crippen molar-refractivity contribution in [2.24, 2.45) is 0 Å². The maximum Gasteiger partial charge on any atom is 0.232 e. The molecule has 1 N–H and O–H groups in total. The normalized spacial score (nSPS) is 12.2. The van der Waals surface area contributed by atoms with Crippen molar-refractivity contribution in [1.29, 1.82) is 0 Å². The lowest BCUT2D eigenvalue weighted by Gasteiger charge is -2.09. The highest BCUT2D eigenvalue weighted by molar-refractivity contribution is 9.10. The number of alkyl halides is 1. The fraction of sp³-hybridized carbons (Fsp3) is 0.600. The zero-order valence-electron chi connectivity index (χ0n) is 9.33. The van der Waals surface area contributed by atoms with E-state index in [0.717, 1.165) is 23.9 Å². The second-order valence-corrected chi connectivity index (χ2v) is 4.74. The highest BCUT2D eigenvalue weighted by Crippen LogP contribution is 2.21. The molecular weight excluding hydrogens is 293 g/mol. The largest absolute Gasteiger partial charge is 0.480 e. The van der Waals surface area contributed by atoms with E-state index in [9.17, 15) is 0 Å². The van der Waals surface area contributed by atoms with Gasteiger partial charge in [-0.2, -0.15) is 4.98 Å². The first-order chi connectivity index (χ1) is 7.67. The van der Waals surface area contributed by atoms with Crippen molar-refractivity contribution in [3.63, 3.8) is 0 Å². The lowest BCUT2D eigenvalue weighted by Crippen LogP contribution is -2.10. The molecule has 0 aromatic carbocycles. The predicted octanol–water partition coefficient (Wildman–Crippen LogP) is 3.07.